The number of benzene rings is 3. The van der Waals surface area contributed by atoms with Crippen molar-refractivity contribution in [2.24, 2.45) is 0 Å². The lowest BCUT2D eigenvalue weighted by Gasteiger charge is -2.27. The van der Waals surface area contributed by atoms with Gasteiger partial charge in [-0.05, 0) is 47.9 Å². The summed E-state index contributed by atoms with van der Waals surface area (Å²) in [5.74, 6) is -1.05. The predicted octanol–water partition coefficient (Wildman–Crippen LogP) is 4.34. The number of aryl methyl sites for hydroxylation is 1. The van der Waals surface area contributed by atoms with E-state index in [-0.39, 0.29) is 17.0 Å². The van der Waals surface area contributed by atoms with Gasteiger partial charge in [0.05, 0.1) is 22.7 Å². The Labute approximate surface area is 164 Å². The molecule has 0 bridgehead atoms. The van der Waals surface area contributed by atoms with E-state index in [1.807, 2.05) is 19.1 Å². The number of carboxylic acid groups (broad SMARTS) is 1. The number of aromatic carboxylic acids is 1. The molecular weight excluding hydrogens is 374 g/mol. The summed E-state index contributed by atoms with van der Waals surface area (Å²) in [5.41, 5.74) is 2.22. The molecule has 3 rings (SSSR count). The maximum atomic E-state index is 13.4. The molecule has 3 aromatic rings. The van der Waals surface area contributed by atoms with Crippen LogP contribution >= 0.6 is 0 Å². The van der Waals surface area contributed by atoms with E-state index < -0.39 is 16.0 Å². The standard InChI is InChI=1S/C22H21NO4S/c1-2-18-10-6-7-14-21(18)23(28(26,27)20-12-4-3-5-13-20)16-17-9-8-11-19(15-17)22(24)25/h3-15H,2,16H2,1H3,(H,24,25). The van der Waals surface area contributed by atoms with Gasteiger partial charge in [-0.2, -0.15) is 0 Å². The van der Waals surface area contributed by atoms with E-state index in [2.05, 4.69) is 0 Å². The molecule has 0 aliphatic carbocycles. The third-order valence-corrected chi connectivity index (χ3v) is 6.25. The Balaban J connectivity index is 2.13. The average molecular weight is 395 g/mol. The van der Waals surface area contributed by atoms with Gasteiger partial charge in [-0.15, -0.1) is 0 Å². The van der Waals surface area contributed by atoms with Crippen molar-refractivity contribution in [1.29, 1.82) is 0 Å². The molecule has 0 heterocycles. The average Bonchev–Trinajstić information content (AvgIpc) is 2.72. The van der Waals surface area contributed by atoms with Crippen molar-refractivity contribution >= 4 is 21.7 Å². The van der Waals surface area contributed by atoms with Gasteiger partial charge in [0.15, 0.2) is 0 Å². The van der Waals surface area contributed by atoms with Crippen molar-refractivity contribution in [3.05, 3.63) is 95.6 Å². The Morgan fingerprint density at radius 2 is 1.61 bits per heavy atom. The number of hydrogen-bond donors (Lipinski definition) is 1. The monoisotopic (exact) mass is 395 g/mol. The second-order valence-corrected chi connectivity index (χ2v) is 8.17. The van der Waals surface area contributed by atoms with Crippen LogP contribution in [0.15, 0.2) is 83.8 Å². The van der Waals surface area contributed by atoms with Crippen molar-refractivity contribution in [3.63, 3.8) is 0 Å². The first kappa shape index (κ1) is 19.6. The van der Waals surface area contributed by atoms with E-state index in [9.17, 15) is 18.3 Å². The number of carbonyl (C=O) groups is 1. The van der Waals surface area contributed by atoms with Crippen LogP contribution in [-0.2, 0) is 23.0 Å². The maximum Gasteiger partial charge on any atom is 0.335 e. The summed E-state index contributed by atoms with van der Waals surface area (Å²) in [5, 5.41) is 9.25. The Kier molecular flexibility index (Phi) is 5.80. The molecule has 144 valence electrons. The summed E-state index contributed by atoms with van der Waals surface area (Å²) in [6.07, 6.45) is 0.673. The van der Waals surface area contributed by atoms with Crippen LogP contribution in [0.3, 0.4) is 0 Å². The van der Waals surface area contributed by atoms with Crippen LogP contribution in [0.1, 0.15) is 28.4 Å². The van der Waals surface area contributed by atoms with Crippen LogP contribution in [-0.4, -0.2) is 19.5 Å². The van der Waals surface area contributed by atoms with E-state index in [1.54, 1.807) is 54.6 Å². The van der Waals surface area contributed by atoms with Crippen LogP contribution in [0.25, 0.3) is 0 Å². The lowest BCUT2D eigenvalue weighted by molar-refractivity contribution is 0.0696. The summed E-state index contributed by atoms with van der Waals surface area (Å²) < 4.78 is 28.2. The minimum absolute atomic E-state index is 0.0371. The Morgan fingerprint density at radius 3 is 2.29 bits per heavy atom. The first-order valence-electron chi connectivity index (χ1n) is 8.91. The third-order valence-electron chi connectivity index (χ3n) is 4.47. The smallest absolute Gasteiger partial charge is 0.335 e. The van der Waals surface area contributed by atoms with Gasteiger partial charge in [0.2, 0.25) is 0 Å². The van der Waals surface area contributed by atoms with E-state index in [0.29, 0.717) is 17.7 Å². The van der Waals surface area contributed by atoms with Crippen molar-refractivity contribution in [3.8, 4) is 0 Å². The number of rotatable bonds is 7. The first-order valence-corrected chi connectivity index (χ1v) is 10.4. The summed E-state index contributed by atoms with van der Waals surface area (Å²) in [7, 11) is -3.83. The number of nitrogens with zero attached hydrogens (tertiary/aromatic N) is 1. The fraction of sp³-hybridized carbons (Fsp3) is 0.136. The highest BCUT2D eigenvalue weighted by Crippen LogP contribution is 2.29. The molecule has 0 amide bonds. The van der Waals surface area contributed by atoms with Gasteiger partial charge in [0.1, 0.15) is 0 Å². The van der Waals surface area contributed by atoms with Crippen LogP contribution < -0.4 is 4.31 Å². The maximum absolute atomic E-state index is 13.4. The minimum atomic E-state index is -3.83. The normalized spacial score (nSPS) is 11.2. The lowest BCUT2D eigenvalue weighted by Crippen LogP contribution is -2.31. The third kappa shape index (κ3) is 4.07. The van der Waals surface area contributed by atoms with Crippen molar-refractivity contribution in [1.82, 2.24) is 0 Å². The van der Waals surface area contributed by atoms with E-state index in [1.165, 1.54) is 16.4 Å². The second kappa shape index (κ2) is 8.27. The first-order chi connectivity index (χ1) is 13.4. The summed E-state index contributed by atoms with van der Waals surface area (Å²) in [4.78, 5) is 11.5. The van der Waals surface area contributed by atoms with Crippen LogP contribution in [0.4, 0.5) is 5.69 Å². The highest BCUT2D eigenvalue weighted by Gasteiger charge is 2.26. The van der Waals surface area contributed by atoms with E-state index in [0.717, 1.165) is 5.56 Å². The topological polar surface area (TPSA) is 74.7 Å². The van der Waals surface area contributed by atoms with Crippen molar-refractivity contribution in [2.75, 3.05) is 4.31 Å². The van der Waals surface area contributed by atoms with Crippen LogP contribution in [0.2, 0.25) is 0 Å². The molecule has 0 saturated carbocycles. The molecule has 1 N–H and O–H groups in total. The number of anilines is 1. The number of hydrogen-bond acceptors (Lipinski definition) is 3. The van der Waals surface area contributed by atoms with Gasteiger partial charge in [-0.25, -0.2) is 13.2 Å². The molecule has 0 aromatic heterocycles. The fourth-order valence-electron chi connectivity index (χ4n) is 3.04. The summed E-state index contributed by atoms with van der Waals surface area (Å²) >= 11 is 0. The van der Waals surface area contributed by atoms with Gasteiger partial charge in [0.25, 0.3) is 10.0 Å². The molecule has 0 spiro atoms. The molecule has 0 atom stereocenters. The molecule has 0 fully saturated rings. The number of sulfonamides is 1. The molecule has 6 heteroatoms. The lowest BCUT2D eigenvalue weighted by atomic mass is 10.1. The molecular formula is C22H21NO4S. The zero-order valence-electron chi connectivity index (χ0n) is 15.4. The summed E-state index contributed by atoms with van der Waals surface area (Å²) in [6.45, 7) is 2.01. The van der Waals surface area contributed by atoms with Crippen LogP contribution in [0.5, 0.6) is 0 Å². The Hall–Kier alpha value is -3.12. The molecule has 0 radical (unpaired) electrons. The molecule has 5 nitrogen and oxygen atoms in total. The zero-order chi connectivity index (χ0) is 20.1. The van der Waals surface area contributed by atoms with Gasteiger partial charge >= 0.3 is 5.97 Å². The molecule has 0 unspecified atom stereocenters. The largest absolute Gasteiger partial charge is 0.478 e. The summed E-state index contributed by atoms with van der Waals surface area (Å²) in [6, 6.07) is 21.9. The van der Waals surface area contributed by atoms with Crippen molar-refractivity contribution in [2.45, 2.75) is 24.8 Å². The Bertz CT molecular complexity index is 1080. The second-order valence-electron chi connectivity index (χ2n) is 6.31. The number of carboxylic acids is 1. The highest BCUT2D eigenvalue weighted by molar-refractivity contribution is 7.92. The van der Waals surface area contributed by atoms with Gasteiger partial charge in [-0.3, -0.25) is 4.31 Å². The molecule has 28 heavy (non-hydrogen) atoms. The highest BCUT2D eigenvalue weighted by atomic mass is 32.2. The molecule has 3 aromatic carbocycles. The fourth-order valence-corrected chi connectivity index (χ4v) is 4.55. The van der Waals surface area contributed by atoms with Crippen molar-refractivity contribution < 1.29 is 18.3 Å². The zero-order valence-corrected chi connectivity index (χ0v) is 16.3. The number of para-hydroxylation sites is 1. The van der Waals surface area contributed by atoms with Crippen LogP contribution in [0, 0.1) is 0 Å². The van der Waals surface area contributed by atoms with Gasteiger partial charge in [0, 0.05) is 0 Å². The quantitative estimate of drug-likeness (QED) is 0.646. The van der Waals surface area contributed by atoms with E-state index >= 15 is 0 Å². The molecule has 0 aliphatic heterocycles. The predicted molar refractivity (Wildman–Crippen MR) is 109 cm³/mol. The van der Waals surface area contributed by atoms with Gasteiger partial charge in [-0.1, -0.05) is 55.5 Å². The molecule has 0 aliphatic rings. The SMILES string of the molecule is CCc1ccccc1N(Cc1cccc(C(=O)O)c1)S(=O)(=O)c1ccccc1. The minimum Gasteiger partial charge on any atom is -0.478 e. The molecule has 0 saturated heterocycles. The van der Waals surface area contributed by atoms with Gasteiger partial charge < -0.3 is 5.11 Å². The van der Waals surface area contributed by atoms with E-state index in [4.69, 9.17) is 0 Å². The Morgan fingerprint density at radius 1 is 0.929 bits per heavy atom.